The second-order valence-electron chi connectivity index (χ2n) is 6.00. The zero-order valence-electron chi connectivity index (χ0n) is 14.9. The number of carbonyl (C=O) groups is 3. The number of aldehydes is 2. The van der Waals surface area contributed by atoms with Crippen LogP contribution in [0.3, 0.4) is 0 Å². The van der Waals surface area contributed by atoms with Gasteiger partial charge in [0.25, 0.3) is 0 Å². The number of likely N-dealkylation sites (N-methyl/N-ethyl adjacent to an activating group) is 2. The highest BCUT2D eigenvalue weighted by atomic mass is 16.2. The van der Waals surface area contributed by atoms with Crippen LogP contribution < -0.4 is 5.32 Å². The minimum atomic E-state index is -0.390. The maximum Gasteiger partial charge on any atom is 0.237 e. The van der Waals surface area contributed by atoms with Gasteiger partial charge >= 0.3 is 0 Å². The maximum absolute atomic E-state index is 12.1. The molecule has 132 valence electrons. The summed E-state index contributed by atoms with van der Waals surface area (Å²) >= 11 is 0. The highest BCUT2D eigenvalue weighted by Crippen LogP contribution is 2.20. The molecule has 1 unspecified atom stereocenters. The van der Waals surface area contributed by atoms with Crippen LogP contribution in [0.2, 0.25) is 0 Å². The molecule has 0 aliphatic rings. The van der Waals surface area contributed by atoms with Gasteiger partial charge in [-0.3, -0.25) is 14.5 Å². The fraction of sp³-hybridized carbons (Fsp3) is 0.526. The van der Waals surface area contributed by atoms with E-state index in [0.717, 1.165) is 43.0 Å². The van der Waals surface area contributed by atoms with Gasteiger partial charge in [0.05, 0.1) is 6.04 Å². The molecule has 0 fully saturated rings. The number of carbonyl (C=O) groups excluding carboxylic acids is 3. The van der Waals surface area contributed by atoms with Gasteiger partial charge < -0.3 is 10.1 Å². The molecule has 0 radical (unpaired) electrons. The van der Waals surface area contributed by atoms with E-state index in [0.29, 0.717) is 24.9 Å². The van der Waals surface area contributed by atoms with Gasteiger partial charge in [0, 0.05) is 25.6 Å². The molecule has 5 nitrogen and oxygen atoms in total. The summed E-state index contributed by atoms with van der Waals surface area (Å²) in [5.41, 5.74) is 2.80. The smallest absolute Gasteiger partial charge is 0.237 e. The van der Waals surface area contributed by atoms with E-state index in [1.54, 1.807) is 7.05 Å². The van der Waals surface area contributed by atoms with Crippen molar-refractivity contribution in [2.75, 3.05) is 14.1 Å². The molecule has 0 saturated heterocycles. The molecule has 1 aromatic carbocycles. The third-order valence-electron chi connectivity index (χ3n) is 4.28. The van der Waals surface area contributed by atoms with Crippen molar-refractivity contribution in [2.24, 2.45) is 0 Å². The molecule has 0 spiro atoms. The molecule has 1 atom stereocenters. The van der Waals surface area contributed by atoms with Crippen molar-refractivity contribution in [1.29, 1.82) is 0 Å². The third-order valence-corrected chi connectivity index (χ3v) is 4.28. The molecule has 0 bridgehead atoms. The van der Waals surface area contributed by atoms with Crippen LogP contribution in [-0.4, -0.2) is 43.5 Å². The molecule has 0 heterocycles. The molecule has 1 aromatic rings. The lowest BCUT2D eigenvalue weighted by Gasteiger charge is -2.27. The predicted octanol–water partition coefficient (Wildman–Crippen LogP) is 2.37. The van der Waals surface area contributed by atoms with E-state index >= 15 is 0 Å². The van der Waals surface area contributed by atoms with Crippen molar-refractivity contribution in [3.05, 3.63) is 34.9 Å². The fourth-order valence-corrected chi connectivity index (χ4v) is 2.86. The number of benzene rings is 1. The van der Waals surface area contributed by atoms with Crippen LogP contribution in [0.5, 0.6) is 0 Å². The van der Waals surface area contributed by atoms with Crippen molar-refractivity contribution in [1.82, 2.24) is 10.2 Å². The largest absolute Gasteiger partial charge is 0.358 e. The summed E-state index contributed by atoms with van der Waals surface area (Å²) in [5, 5.41) is 2.65. The van der Waals surface area contributed by atoms with Crippen LogP contribution in [0.4, 0.5) is 0 Å². The lowest BCUT2D eigenvalue weighted by molar-refractivity contribution is -0.126. The van der Waals surface area contributed by atoms with Gasteiger partial charge in [0.2, 0.25) is 5.91 Å². The van der Waals surface area contributed by atoms with Crippen LogP contribution in [0.1, 0.15) is 54.1 Å². The quantitative estimate of drug-likeness (QED) is 0.632. The van der Waals surface area contributed by atoms with Crippen LogP contribution in [0.25, 0.3) is 0 Å². The summed E-state index contributed by atoms with van der Waals surface area (Å²) in [6.07, 6.45) is 5.56. The minimum Gasteiger partial charge on any atom is -0.358 e. The van der Waals surface area contributed by atoms with Crippen molar-refractivity contribution in [3.8, 4) is 0 Å². The summed E-state index contributed by atoms with van der Waals surface area (Å²) < 4.78 is 0. The molecule has 1 amide bonds. The first-order valence-electron chi connectivity index (χ1n) is 8.50. The molecule has 0 saturated carbocycles. The van der Waals surface area contributed by atoms with Crippen molar-refractivity contribution >= 4 is 18.5 Å². The van der Waals surface area contributed by atoms with Crippen LogP contribution in [-0.2, 0) is 22.6 Å². The lowest BCUT2D eigenvalue weighted by atomic mass is 9.96. The first kappa shape index (κ1) is 20.0. The number of amides is 1. The summed E-state index contributed by atoms with van der Waals surface area (Å²) in [5.74, 6) is -0.113. The summed E-state index contributed by atoms with van der Waals surface area (Å²) in [6, 6.07) is 5.37. The highest BCUT2D eigenvalue weighted by Gasteiger charge is 2.23. The Bertz CT molecular complexity index is 558. The van der Waals surface area contributed by atoms with Crippen molar-refractivity contribution < 1.29 is 14.4 Å². The first-order valence-corrected chi connectivity index (χ1v) is 8.50. The molecular formula is C19H28N2O3. The standard InChI is InChI=1S/C19H28N2O3/c1-4-5-8-15-9-6-10-16(14-23)17(15)13-21(3)18(11-7-12-22)19(24)20-2/h6,9-10,12,14,18H,4-5,7-8,11,13H2,1-3H3,(H,20,24). The van der Waals surface area contributed by atoms with Gasteiger partial charge in [-0.05, 0) is 37.4 Å². The van der Waals surface area contributed by atoms with Crippen molar-refractivity contribution in [3.63, 3.8) is 0 Å². The minimum absolute atomic E-state index is 0.113. The zero-order valence-corrected chi connectivity index (χ0v) is 14.9. The number of unbranched alkanes of at least 4 members (excludes halogenated alkanes) is 1. The summed E-state index contributed by atoms with van der Waals surface area (Å²) in [7, 11) is 3.45. The lowest BCUT2D eigenvalue weighted by Crippen LogP contribution is -2.44. The maximum atomic E-state index is 12.1. The second-order valence-corrected chi connectivity index (χ2v) is 6.00. The van der Waals surface area contributed by atoms with E-state index in [9.17, 15) is 14.4 Å². The number of hydrogen-bond donors (Lipinski definition) is 1. The van der Waals surface area contributed by atoms with Gasteiger partial charge in [0.15, 0.2) is 0 Å². The SMILES string of the molecule is CCCCc1cccc(C=O)c1CN(C)C(CCC=O)C(=O)NC. The number of nitrogens with one attached hydrogen (secondary N) is 1. The number of aryl methyl sites for hydroxylation is 1. The number of rotatable bonds is 11. The molecule has 0 aliphatic carbocycles. The van der Waals surface area contributed by atoms with E-state index in [1.165, 1.54) is 0 Å². The predicted molar refractivity (Wildman–Crippen MR) is 95.1 cm³/mol. The summed E-state index contributed by atoms with van der Waals surface area (Å²) in [6.45, 7) is 2.64. The van der Waals surface area contributed by atoms with Gasteiger partial charge in [0.1, 0.15) is 12.6 Å². The van der Waals surface area contributed by atoms with E-state index in [1.807, 2.05) is 30.1 Å². The Morgan fingerprint density at radius 2 is 2.08 bits per heavy atom. The van der Waals surface area contributed by atoms with Crippen LogP contribution >= 0.6 is 0 Å². The molecule has 5 heteroatoms. The Morgan fingerprint density at radius 1 is 1.33 bits per heavy atom. The normalized spacial score (nSPS) is 12.0. The molecule has 1 N–H and O–H groups in total. The third kappa shape index (κ3) is 5.57. The highest BCUT2D eigenvalue weighted by molar-refractivity contribution is 5.82. The van der Waals surface area contributed by atoms with E-state index in [4.69, 9.17) is 0 Å². The second kappa shape index (κ2) is 10.7. The Balaban J connectivity index is 3.04. The van der Waals surface area contributed by atoms with Crippen LogP contribution in [0, 0.1) is 0 Å². The van der Waals surface area contributed by atoms with E-state index in [-0.39, 0.29) is 11.9 Å². The Hall–Kier alpha value is -2.01. The van der Waals surface area contributed by atoms with Gasteiger partial charge in [-0.15, -0.1) is 0 Å². The molecule has 0 aliphatic heterocycles. The van der Waals surface area contributed by atoms with Crippen molar-refractivity contribution in [2.45, 2.75) is 51.6 Å². The molecule has 0 aromatic heterocycles. The fourth-order valence-electron chi connectivity index (χ4n) is 2.86. The van der Waals surface area contributed by atoms with Gasteiger partial charge in [-0.1, -0.05) is 31.5 Å². The first-order chi connectivity index (χ1) is 11.6. The van der Waals surface area contributed by atoms with E-state index < -0.39 is 0 Å². The topological polar surface area (TPSA) is 66.5 Å². The summed E-state index contributed by atoms with van der Waals surface area (Å²) in [4.78, 5) is 36.1. The number of nitrogens with zero attached hydrogens (tertiary/aromatic N) is 1. The Labute approximate surface area is 144 Å². The average Bonchev–Trinajstić information content (AvgIpc) is 2.60. The zero-order chi connectivity index (χ0) is 17.9. The monoisotopic (exact) mass is 332 g/mol. The van der Waals surface area contributed by atoms with Gasteiger partial charge in [-0.25, -0.2) is 0 Å². The van der Waals surface area contributed by atoms with Gasteiger partial charge in [-0.2, -0.15) is 0 Å². The van der Waals surface area contributed by atoms with E-state index in [2.05, 4.69) is 12.2 Å². The average molecular weight is 332 g/mol. The Morgan fingerprint density at radius 3 is 2.67 bits per heavy atom. The van der Waals surface area contributed by atoms with Crippen LogP contribution in [0.15, 0.2) is 18.2 Å². The Kier molecular flexibility index (Phi) is 8.94. The molecule has 24 heavy (non-hydrogen) atoms. The number of hydrogen-bond acceptors (Lipinski definition) is 4. The molecular weight excluding hydrogens is 304 g/mol. The molecule has 1 rings (SSSR count).